The molecule has 0 bridgehead atoms. The van der Waals surface area contributed by atoms with Gasteiger partial charge < -0.3 is 18.5 Å². The Labute approximate surface area is 303 Å². The van der Waals surface area contributed by atoms with E-state index in [0.717, 1.165) is 88.6 Å². The van der Waals surface area contributed by atoms with Gasteiger partial charge in [0.25, 0.3) is 0 Å². The number of hydrogen-bond donors (Lipinski definition) is 0. The predicted octanol–water partition coefficient (Wildman–Crippen LogP) is 13.4. The van der Waals surface area contributed by atoms with Crippen LogP contribution in [0, 0.1) is 5.82 Å². The van der Waals surface area contributed by atoms with Crippen LogP contribution in [0.5, 0.6) is 0 Å². The zero-order chi connectivity index (χ0) is 35.0. The highest BCUT2D eigenvalue weighted by molar-refractivity contribution is 6.20. The SMILES string of the molecule is Fc1ccc2c(c1)c1c(N(c3ccc4oc5ccccc5c4c3)c3cccc4c5ccccc5n(-c5ccccc5)c34)cccc1n2-c1ccccc1. The molecule has 0 atom stereocenters. The molecule has 0 radical (unpaired) electrons. The van der Waals surface area contributed by atoms with E-state index < -0.39 is 0 Å². The number of furan rings is 1. The number of para-hydroxylation sites is 5. The molecule has 11 rings (SSSR count). The van der Waals surface area contributed by atoms with Gasteiger partial charge in [0.2, 0.25) is 0 Å². The van der Waals surface area contributed by atoms with E-state index in [2.05, 4.69) is 147 Å². The smallest absolute Gasteiger partial charge is 0.135 e. The first-order valence-electron chi connectivity index (χ1n) is 17.8. The summed E-state index contributed by atoms with van der Waals surface area (Å²) in [5.41, 5.74) is 10.8. The second-order valence-corrected chi connectivity index (χ2v) is 13.5. The molecule has 0 spiro atoms. The van der Waals surface area contributed by atoms with Crippen molar-refractivity contribution in [1.29, 1.82) is 0 Å². The Bertz CT molecular complexity index is 3190. The van der Waals surface area contributed by atoms with Crippen molar-refractivity contribution in [3.05, 3.63) is 188 Å². The molecule has 8 aromatic carbocycles. The topological polar surface area (TPSA) is 26.2 Å². The van der Waals surface area contributed by atoms with Crippen LogP contribution in [-0.4, -0.2) is 9.13 Å². The number of rotatable bonds is 5. The van der Waals surface area contributed by atoms with Gasteiger partial charge in [0.1, 0.15) is 17.0 Å². The first-order chi connectivity index (χ1) is 26.2. The van der Waals surface area contributed by atoms with Gasteiger partial charge in [0.15, 0.2) is 0 Å². The van der Waals surface area contributed by atoms with Gasteiger partial charge in [0.05, 0.1) is 33.4 Å². The molecular weight excluding hydrogens is 654 g/mol. The molecule has 11 aromatic rings. The summed E-state index contributed by atoms with van der Waals surface area (Å²) in [7, 11) is 0. The van der Waals surface area contributed by atoms with Gasteiger partial charge >= 0.3 is 0 Å². The van der Waals surface area contributed by atoms with Crippen molar-refractivity contribution in [1.82, 2.24) is 9.13 Å². The minimum absolute atomic E-state index is 0.274. The Morgan fingerprint density at radius 2 is 1.04 bits per heavy atom. The number of fused-ring (bicyclic) bond motifs is 9. The van der Waals surface area contributed by atoms with Crippen molar-refractivity contribution < 1.29 is 8.81 Å². The highest BCUT2D eigenvalue weighted by atomic mass is 19.1. The molecular formula is C48H30FN3O. The molecule has 0 fully saturated rings. The third kappa shape index (κ3) is 4.41. The summed E-state index contributed by atoms with van der Waals surface area (Å²) in [6.45, 7) is 0. The lowest BCUT2D eigenvalue weighted by molar-refractivity contribution is 0.629. The summed E-state index contributed by atoms with van der Waals surface area (Å²) in [5.74, 6) is -0.274. The van der Waals surface area contributed by atoms with Gasteiger partial charge in [0, 0.05) is 49.4 Å². The number of aromatic nitrogens is 2. The highest BCUT2D eigenvalue weighted by Crippen LogP contribution is 2.48. The number of anilines is 3. The van der Waals surface area contributed by atoms with Crippen LogP contribution in [0.1, 0.15) is 0 Å². The number of benzene rings is 8. The Kier molecular flexibility index (Phi) is 6.40. The van der Waals surface area contributed by atoms with E-state index in [1.807, 2.05) is 36.4 Å². The average Bonchev–Trinajstić information content (AvgIpc) is 3.87. The van der Waals surface area contributed by atoms with Gasteiger partial charge in [-0.25, -0.2) is 4.39 Å². The van der Waals surface area contributed by atoms with Crippen LogP contribution in [0.2, 0.25) is 0 Å². The monoisotopic (exact) mass is 683 g/mol. The Morgan fingerprint density at radius 3 is 1.87 bits per heavy atom. The van der Waals surface area contributed by atoms with Gasteiger partial charge in [-0.2, -0.15) is 0 Å². The zero-order valence-corrected chi connectivity index (χ0v) is 28.4. The number of nitrogens with zero attached hydrogens (tertiary/aromatic N) is 3. The maximum atomic E-state index is 15.4. The highest BCUT2D eigenvalue weighted by Gasteiger charge is 2.26. The van der Waals surface area contributed by atoms with Crippen LogP contribution in [0.4, 0.5) is 21.5 Å². The molecule has 53 heavy (non-hydrogen) atoms. The lowest BCUT2D eigenvalue weighted by Crippen LogP contribution is -2.12. The van der Waals surface area contributed by atoms with Gasteiger partial charge in [-0.05, 0) is 91.0 Å². The molecule has 0 unspecified atom stereocenters. The summed E-state index contributed by atoms with van der Waals surface area (Å²) in [6, 6.07) is 62.1. The van der Waals surface area contributed by atoms with Crippen LogP contribution in [0.3, 0.4) is 0 Å². The number of halogens is 1. The molecule has 0 N–H and O–H groups in total. The van der Waals surface area contributed by atoms with Crippen molar-refractivity contribution in [3.8, 4) is 11.4 Å². The first-order valence-corrected chi connectivity index (χ1v) is 17.8. The molecule has 3 aromatic heterocycles. The van der Waals surface area contributed by atoms with Crippen LogP contribution in [0.15, 0.2) is 186 Å². The zero-order valence-electron chi connectivity index (χ0n) is 28.4. The third-order valence-corrected chi connectivity index (χ3v) is 10.5. The molecule has 0 aliphatic rings. The minimum Gasteiger partial charge on any atom is -0.456 e. The fraction of sp³-hybridized carbons (Fsp3) is 0. The van der Waals surface area contributed by atoms with E-state index >= 15 is 4.39 Å². The lowest BCUT2D eigenvalue weighted by atomic mass is 10.1. The van der Waals surface area contributed by atoms with E-state index in [4.69, 9.17) is 4.42 Å². The van der Waals surface area contributed by atoms with Gasteiger partial charge in [-0.15, -0.1) is 0 Å². The molecule has 250 valence electrons. The Hall–Kier alpha value is -7.11. The van der Waals surface area contributed by atoms with Crippen LogP contribution < -0.4 is 4.90 Å². The van der Waals surface area contributed by atoms with Crippen LogP contribution >= 0.6 is 0 Å². The molecule has 4 nitrogen and oxygen atoms in total. The Morgan fingerprint density at radius 1 is 0.415 bits per heavy atom. The van der Waals surface area contributed by atoms with E-state index in [9.17, 15) is 0 Å². The summed E-state index contributed by atoms with van der Waals surface area (Å²) in [6.07, 6.45) is 0. The quantitative estimate of drug-likeness (QED) is 0.180. The van der Waals surface area contributed by atoms with Crippen LogP contribution in [-0.2, 0) is 0 Å². The van der Waals surface area contributed by atoms with Crippen molar-refractivity contribution in [2.45, 2.75) is 0 Å². The largest absolute Gasteiger partial charge is 0.456 e. The second kappa shape index (κ2) is 11.5. The first kappa shape index (κ1) is 29.6. The van der Waals surface area contributed by atoms with Crippen molar-refractivity contribution in [2.24, 2.45) is 0 Å². The van der Waals surface area contributed by atoms with Crippen molar-refractivity contribution in [2.75, 3.05) is 4.90 Å². The molecule has 0 aliphatic heterocycles. The molecule has 0 aliphatic carbocycles. The number of hydrogen-bond acceptors (Lipinski definition) is 2. The molecule has 3 heterocycles. The summed E-state index contributed by atoms with van der Waals surface area (Å²) in [5, 5.41) is 6.21. The third-order valence-electron chi connectivity index (χ3n) is 10.5. The van der Waals surface area contributed by atoms with E-state index in [0.29, 0.717) is 0 Å². The summed E-state index contributed by atoms with van der Waals surface area (Å²) in [4.78, 5) is 2.35. The van der Waals surface area contributed by atoms with E-state index in [1.54, 1.807) is 12.1 Å². The molecule has 0 saturated carbocycles. The normalized spacial score (nSPS) is 11.9. The molecule has 0 amide bonds. The molecule has 0 saturated heterocycles. The van der Waals surface area contributed by atoms with Crippen LogP contribution in [0.25, 0.3) is 76.9 Å². The maximum Gasteiger partial charge on any atom is 0.135 e. The fourth-order valence-corrected chi connectivity index (χ4v) is 8.35. The van der Waals surface area contributed by atoms with Gasteiger partial charge in [-0.3, -0.25) is 0 Å². The van der Waals surface area contributed by atoms with Crippen molar-refractivity contribution in [3.63, 3.8) is 0 Å². The summed E-state index contributed by atoms with van der Waals surface area (Å²) < 4.78 is 26.3. The predicted molar refractivity (Wildman–Crippen MR) is 217 cm³/mol. The van der Waals surface area contributed by atoms with Crippen molar-refractivity contribution >= 4 is 82.6 Å². The molecule has 5 heteroatoms. The average molecular weight is 684 g/mol. The van der Waals surface area contributed by atoms with Gasteiger partial charge in [-0.1, -0.05) is 91.0 Å². The fourth-order valence-electron chi connectivity index (χ4n) is 8.35. The maximum absolute atomic E-state index is 15.4. The minimum atomic E-state index is -0.274. The Balaban J connectivity index is 1.31. The standard InChI is InChI=1S/C48H30FN3O/c49-31-25-27-41-39(29-31)47-42(50(41)32-13-3-1-4-14-32)21-12-22-43(47)51(34-26-28-46-38(30-34)36-18-8-10-24-45(36)53-46)44-23-11-19-37-35-17-7-9-20-40(35)52(48(37)44)33-15-5-2-6-16-33/h1-30H. The van der Waals surface area contributed by atoms with E-state index in [1.165, 1.54) is 5.39 Å². The summed E-state index contributed by atoms with van der Waals surface area (Å²) >= 11 is 0. The second-order valence-electron chi connectivity index (χ2n) is 13.5. The van der Waals surface area contributed by atoms with E-state index in [-0.39, 0.29) is 5.82 Å². The lowest BCUT2D eigenvalue weighted by Gasteiger charge is -2.28.